The van der Waals surface area contributed by atoms with Gasteiger partial charge in [-0.2, -0.15) is 5.10 Å². The third-order valence-corrected chi connectivity index (χ3v) is 3.88. The van der Waals surface area contributed by atoms with E-state index in [4.69, 9.17) is 0 Å². The van der Waals surface area contributed by atoms with Crippen LogP contribution in [0.15, 0.2) is 6.33 Å². The van der Waals surface area contributed by atoms with Crippen LogP contribution in [0.3, 0.4) is 0 Å². The lowest BCUT2D eigenvalue weighted by Crippen LogP contribution is -2.35. The Morgan fingerprint density at radius 3 is 3.00 bits per heavy atom. The maximum atomic E-state index is 12.6. The van der Waals surface area contributed by atoms with Gasteiger partial charge in [0.1, 0.15) is 17.9 Å². The van der Waals surface area contributed by atoms with Crippen LogP contribution in [0.4, 0.5) is 0 Å². The van der Waals surface area contributed by atoms with Gasteiger partial charge >= 0.3 is 0 Å². The Bertz CT molecular complexity index is 407. The van der Waals surface area contributed by atoms with Gasteiger partial charge in [0.15, 0.2) is 0 Å². The Morgan fingerprint density at radius 1 is 1.56 bits per heavy atom. The third-order valence-electron chi connectivity index (χ3n) is 3.88. The van der Waals surface area contributed by atoms with E-state index in [-0.39, 0.29) is 5.41 Å². The smallest absolute Gasteiger partial charge is 0.147 e. The number of hydrogen-bond acceptors (Lipinski definition) is 4. The lowest BCUT2D eigenvalue weighted by atomic mass is 9.77. The Hall–Kier alpha value is -1.23. The molecule has 0 radical (unpaired) electrons. The summed E-state index contributed by atoms with van der Waals surface area (Å²) < 4.78 is 1.81. The van der Waals surface area contributed by atoms with Crippen LogP contribution in [-0.4, -0.2) is 33.6 Å². The second-order valence-electron chi connectivity index (χ2n) is 5.05. The minimum absolute atomic E-state index is 0.167. The molecule has 5 heteroatoms. The molecule has 0 bridgehead atoms. The van der Waals surface area contributed by atoms with Gasteiger partial charge in [0.2, 0.25) is 0 Å². The number of nitrogens with one attached hydrogen (secondary N) is 1. The topological polar surface area (TPSA) is 59.8 Å². The molecule has 0 amide bonds. The summed E-state index contributed by atoms with van der Waals surface area (Å²) >= 11 is 0. The molecule has 18 heavy (non-hydrogen) atoms. The highest BCUT2D eigenvalue weighted by Crippen LogP contribution is 2.33. The van der Waals surface area contributed by atoms with E-state index in [0.717, 1.165) is 44.7 Å². The molecule has 1 aromatic heterocycles. The summed E-state index contributed by atoms with van der Waals surface area (Å²) in [7, 11) is 0. The van der Waals surface area contributed by atoms with E-state index in [1.165, 1.54) is 6.33 Å². The molecule has 2 rings (SSSR count). The van der Waals surface area contributed by atoms with Gasteiger partial charge < -0.3 is 5.32 Å². The quantitative estimate of drug-likeness (QED) is 0.824. The van der Waals surface area contributed by atoms with Crippen molar-refractivity contribution in [3.8, 4) is 0 Å². The second-order valence-corrected chi connectivity index (χ2v) is 5.05. The Kier molecular flexibility index (Phi) is 4.11. The average molecular weight is 250 g/mol. The zero-order valence-corrected chi connectivity index (χ0v) is 11.3. The summed E-state index contributed by atoms with van der Waals surface area (Å²) in [5.74, 6) is 1.11. The molecule has 0 aliphatic carbocycles. The SMILES string of the molecule is CCCC1(C(=O)Cc2ncnn2CC)CCNC1. The van der Waals surface area contributed by atoms with Crippen molar-refractivity contribution in [1.29, 1.82) is 0 Å². The zero-order chi connectivity index (χ0) is 13.0. The molecule has 1 saturated heterocycles. The summed E-state index contributed by atoms with van der Waals surface area (Å²) in [6, 6.07) is 0. The van der Waals surface area contributed by atoms with Crippen molar-refractivity contribution in [2.24, 2.45) is 5.41 Å². The highest BCUT2D eigenvalue weighted by molar-refractivity contribution is 5.86. The normalized spacial score (nSPS) is 23.4. The summed E-state index contributed by atoms with van der Waals surface area (Å²) in [6.45, 7) is 6.69. The molecule has 1 aromatic rings. The van der Waals surface area contributed by atoms with Gasteiger partial charge in [0, 0.05) is 18.5 Å². The van der Waals surface area contributed by atoms with Crippen LogP contribution in [0.25, 0.3) is 0 Å². The van der Waals surface area contributed by atoms with Gasteiger partial charge in [0.05, 0.1) is 6.42 Å². The van der Waals surface area contributed by atoms with E-state index in [0.29, 0.717) is 12.2 Å². The van der Waals surface area contributed by atoms with Crippen LogP contribution >= 0.6 is 0 Å². The van der Waals surface area contributed by atoms with Gasteiger partial charge in [-0.25, -0.2) is 9.67 Å². The first-order valence-electron chi connectivity index (χ1n) is 6.82. The Balaban J connectivity index is 2.10. The number of nitrogens with zero attached hydrogens (tertiary/aromatic N) is 3. The first kappa shape index (κ1) is 13.2. The van der Waals surface area contributed by atoms with Gasteiger partial charge in [-0.15, -0.1) is 0 Å². The number of carbonyl (C=O) groups excluding carboxylic acids is 1. The number of aryl methyl sites for hydroxylation is 1. The predicted octanol–water partition coefficient (Wildman–Crippen LogP) is 1.19. The van der Waals surface area contributed by atoms with Crippen LogP contribution in [-0.2, 0) is 17.8 Å². The fourth-order valence-electron chi connectivity index (χ4n) is 2.83. The number of carbonyl (C=O) groups is 1. The molecular weight excluding hydrogens is 228 g/mol. The molecule has 1 aliphatic rings. The summed E-state index contributed by atoms with van der Waals surface area (Å²) in [4.78, 5) is 16.8. The predicted molar refractivity (Wildman–Crippen MR) is 69.2 cm³/mol. The number of hydrogen-bond donors (Lipinski definition) is 1. The van der Waals surface area contributed by atoms with Gasteiger partial charge in [-0.1, -0.05) is 13.3 Å². The van der Waals surface area contributed by atoms with Crippen molar-refractivity contribution in [2.45, 2.75) is 46.1 Å². The molecule has 100 valence electrons. The standard InChI is InChI=1S/C13H22N4O/c1-3-5-13(6-7-14-9-13)11(18)8-12-15-10-16-17(12)4-2/h10,14H,3-9H2,1-2H3. The highest BCUT2D eigenvalue weighted by atomic mass is 16.1. The Labute approximate surface area is 108 Å². The first-order chi connectivity index (χ1) is 8.72. The minimum Gasteiger partial charge on any atom is -0.316 e. The molecular formula is C13H22N4O. The molecule has 2 heterocycles. The molecule has 0 saturated carbocycles. The maximum absolute atomic E-state index is 12.6. The minimum atomic E-state index is -0.167. The third kappa shape index (κ3) is 2.46. The fraction of sp³-hybridized carbons (Fsp3) is 0.769. The second kappa shape index (κ2) is 5.61. The number of rotatable bonds is 6. The number of Topliss-reactive ketones (excluding diaryl/α,β-unsaturated/α-hetero) is 1. The van der Waals surface area contributed by atoms with Crippen LogP contribution in [0.1, 0.15) is 38.9 Å². The van der Waals surface area contributed by atoms with E-state index < -0.39 is 0 Å². The first-order valence-corrected chi connectivity index (χ1v) is 6.82. The van der Waals surface area contributed by atoms with E-state index in [2.05, 4.69) is 22.3 Å². The summed E-state index contributed by atoms with van der Waals surface area (Å²) in [5, 5.41) is 7.44. The lowest BCUT2D eigenvalue weighted by molar-refractivity contribution is -0.127. The molecule has 1 unspecified atom stereocenters. The molecule has 1 N–H and O–H groups in total. The molecule has 5 nitrogen and oxygen atoms in total. The monoisotopic (exact) mass is 250 g/mol. The molecule has 1 fully saturated rings. The van der Waals surface area contributed by atoms with Crippen molar-refractivity contribution in [2.75, 3.05) is 13.1 Å². The number of ketones is 1. The summed E-state index contributed by atoms with van der Waals surface area (Å²) in [6.07, 6.45) is 4.92. The van der Waals surface area contributed by atoms with E-state index in [1.54, 1.807) is 4.68 Å². The molecule has 0 spiro atoms. The van der Waals surface area contributed by atoms with E-state index in [1.807, 2.05) is 6.92 Å². The largest absolute Gasteiger partial charge is 0.316 e. The molecule has 0 aromatic carbocycles. The molecule has 1 aliphatic heterocycles. The highest BCUT2D eigenvalue weighted by Gasteiger charge is 2.40. The lowest BCUT2D eigenvalue weighted by Gasteiger charge is -2.25. The van der Waals surface area contributed by atoms with Crippen molar-refractivity contribution >= 4 is 5.78 Å². The Morgan fingerprint density at radius 2 is 2.39 bits per heavy atom. The van der Waals surface area contributed by atoms with Crippen molar-refractivity contribution < 1.29 is 4.79 Å². The summed E-state index contributed by atoms with van der Waals surface area (Å²) in [5.41, 5.74) is -0.167. The van der Waals surface area contributed by atoms with E-state index >= 15 is 0 Å². The molecule has 1 atom stereocenters. The van der Waals surface area contributed by atoms with Crippen molar-refractivity contribution in [3.05, 3.63) is 12.2 Å². The van der Waals surface area contributed by atoms with Gasteiger partial charge in [-0.05, 0) is 26.3 Å². The zero-order valence-electron chi connectivity index (χ0n) is 11.3. The van der Waals surface area contributed by atoms with Crippen LogP contribution in [0.2, 0.25) is 0 Å². The van der Waals surface area contributed by atoms with Crippen molar-refractivity contribution in [3.63, 3.8) is 0 Å². The van der Waals surface area contributed by atoms with Crippen LogP contribution < -0.4 is 5.32 Å². The van der Waals surface area contributed by atoms with Crippen molar-refractivity contribution in [1.82, 2.24) is 20.1 Å². The van der Waals surface area contributed by atoms with E-state index in [9.17, 15) is 4.79 Å². The fourth-order valence-corrected chi connectivity index (χ4v) is 2.83. The average Bonchev–Trinajstić information content (AvgIpc) is 2.99. The van der Waals surface area contributed by atoms with Gasteiger partial charge in [0.25, 0.3) is 0 Å². The van der Waals surface area contributed by atoms with Crippen LogP contribution in [0, 0.1) is 5.41 Å². The van der Waals surface area contributed by atoms with Gasteiger partial charge in [-0.3, -0.25) is 4.79 Å². The maximum Gasteiger partial charge on any atom is 0.147 e. The van der Waals surface area contributed by atoms with Crippen LogP contribution in [0.5, 0.6) is 0 Å². The number of aromatic nitrogens is 3.